The molecule has 0 aliphatic heterocycles. The van der Waals surface area contributed by atoms with Gasteiger partial charge < -0.3 is 9.42 Å². The van der Waals surface area contributed by atoms with E-state index >= 15 is 0 Å². The Morgan fingerprint density at radius 2 is 1.70 bits per heavy atom. The standard InChI is InChI=1S/C24H28N4O2/c1-5-28(6-2)23(25)26-21-16-20(27-30-21)24(3,4)19-14-10-13-18(15-19)22(29)17-11-8-7-9-12-17/h7-16H,5-6H2,1-4H3,(H2,25,26). The zero-order chi connectivity index (χ0) is 21.7. The average Bonchev–Trinajstić information content (AvgIpc) is 3.24. The van der Waals surface area contributed by atoms with E-state index in [1.807, 2.05) is 93.3 Å². The third-order valence-corrected chi connectivity index (χ3v) is 5.35. The summed E-state index contributed by atoms with van der Waals surface area (Å²) < 4.78 is 5.43. The van der Waals surface area contributed by atoms with E-state index in [9.17, 15) is 4.79 Å². The first kappa shape index (κ1) is 21.3. The zero-order valence-electron chi connectivity index (χ0n) is 17.9. The van der Waals surface area contributed by atoms with Crippen molar-refractivity contribution in [2.75, 3.05) is 18.4 Å². The van der Waals surface area contributed by atoms with Gasteiger partial charge in [-0.05, 0) is 25.5 Å². The van der Waals surface area contributed by atoms with E-state index in [-0.39, 0.29) is 11.7 Å². The SMILES string of the molecule is CCN(CC)C(=N)Nc1cc(C(C)(C)c2cccc(C(=O)c3ccccc3)c2)no1. The predicted molar refractivity (Wildman–Crippen MR) is 119 cm³/mol. The van der Waals surface area contributed by atoms with Gasteiger partial charge in [-0.2, -0.15) is 0 Å². The Labute approximate surface area is 177 Å². The topological polar surface area (TPSA) is 82.2 Å². The fourth-order valence-electron chi connectivity index (χ4n) is 3.32. The van der Waals surface area contributed by atoms with Crippen molar-refractivity contribution in [3.8, 4) is 0 Å². The summed E-state index contributed by atoms with van der Waals surface area (Å²) in [5.74, 6) is 0.686. The molecule has 30 heavy (non-hydrogen) atoms. The van der Waals surface area contributed by atoms with Crippen LogP contribution in [0, 0.1) is 5.41 Å². The van der Waals surface area contributed by atoms with Gasteiger partial charge in [-0.15, -0.1) is 0 Å². The maximum atomic E-state index is 12.8. The van der Waals surface area contributed by atoms with Gasteiger partial charge in [0, 0.05) is 35.7 Å². The van der Waals surface area contributed by atoms with Crippen LogP contribution in [-0.4, -0.2) is 34.9 Å². The molecular weight excluding hydrogens is 376 g/mol. The van der Waals surface area contributed by atoms with Crippen LogP contribution in [0.4, 0.5) is 5.88 Å². The van der Waals surface area contributed by atoms with Crippen LogP contribution in [0.1, 0.15) is 54.9 Å². The van der Waals surface area contributed by atoms with Crippen molar-refractivity contribution in [2.45, 2.75) is 33.1 Å². The zero-order valence-corrected chi connectivity index (χ0v) is 17.9. The molecule has 2 N–H and O–H groups in total. The Balaban J connectivity index is 1.83. The highest BCUT2D eigenvalue weighted by molar-refractivity contribution is 6.09. The van der Waals surface area contributed by atoms with Crippen molar-refractivity contribution in [1.29, 1.82) is 5.41 Å². The lowest BCUT2D eigenvalue weighted by molar-refractivity contribution is 0.103. The van der Waals surface area contributed by atoms with E-state index in [2.05, 4.69) is 10.5 Å². The molecule has 0 saturated carbocycles. The van der Waals surface area contributed by atoms with E-state index in [1.54, 1.807) is 0 Å². The number of aromatic nitrogens is 1. The monoisotopic (exact) mass is 404 g/mol. The van der Waals surface area contributed by atoms with Gasteiger partial charge in [0.1, 0.15) is 0 Å². The number of carbonyl (C=O) groups excluding carboxylic acids is 1. The van der Waals surface area contributed by atoms with Crippen molar-refractivity contribution in [3.63, 3.8) is 0 Å². The van der Waals surface area contributed by atoms with Crippen LogP contribution in [0.25, 0.3) is 0 Å². The fraction of sp³-hybridized carbons (Fsp3) is 0.292. The number of benzene rings is 2. The summed E-state index contributed by atoms with van der Waals surface area (Å²) in [5, 5.41) is 15.3. The van der Waals surface area contributed by atoms with Crippen LogP contribution >= 0.6 is 0 Å². The van der Waals surface area contributed by atoms with Crippen LogP contribution in [0.2, 0.25) is 0 Å². The molecule has 0 atom stereocenters. The van der Waals surface area contributed by atoms with E-state index in [0.29, 0.717) is 17.0 Å². The summed E-state index contributed by atoms with van der Waals surface area (Å²) in [4.78, 5) is 14.7. The molecule has 0 bridgehead atoms. The highest BCUT2D eigenvalue weighted by atomic mass is 16.5. The number of nitrogens with one attached hydrogen (secondary N) is 2. The molecule has 0 aliphatic rings. The average molecular weight is 405 g/mol. The molecule has 3 aromatic rings. The molecule has 156 valence electrons. The Morgan fingerprint density at radius 1 is 1.03 bits per heavy atom. The molecule has 2 aromatic carbocycles. The smallest absolute Gasteiger partial charge is 0.231 e. The maximum Gasteiger partial charge on any atom is 0.231 e. The first-order valence-corrected chi connectivity index (χ1v) is 10.1. The number of nitrogens with zero attached hydrogens (tertiary/aromatic N) is 2. The lowest BCUT2D eigenvalue weighted by Gasteiger charge is -2.23. The van der Waals surface area contributed by atoms with Crippen molar-refractivity contribution in [2.24, 2.45) is 0 Å². The second-order valence-corrected chi connectivity index (χ2v) is 7.62. The minimum atomic E-state index is -0.478. The predicted octanol–water partition coefficient (Wildman–Crippen LogP) is 4.92. The molecule has 0 unspecified atom stereocenters. The maximum absolute atomic E-state index is 12.8. The number of hydrogen-bond donors (Lipinski definition) is 2. The molecule has 1 heterocycles. The second kappa shape index (κ2) is 8.95. The van der Waals surface area contributed by atoms with Crippen LogP contribution in [0.15, 0.2) is 65.2 Å². The Morgan fingerprint density at radius 3 is 2.37 bits per heavy atom. The molecule has 1 aromatic heterocycles. The van der Waals surface area contributed by atoms with Crippen LogP contribution in [-0.2, 0) is 5.41 Å². The number of hydrogen-bond acceptors (Lipinski definition) is 4. The quantitative estimate of drug-likeness (QED) is 0.332. The molecule has 0 saturated heterocycles. The summed E-state index contributed by atoms with van der Waals surface area (Å²) in [5.41, 5.74) is 2.50. The fourth-order valence-corrected chi connectivity index (χ4v) is 3.32. The summed E-state index contributed by atoms with van der Waals surface area (Å²) >= 11 is 0. The van der Waals surface area contributed by atoms with Gasteiger partial charge in [0.2, 0.25) is 5.88 Å². The van der Waals surface area contributed by atoms with Gasteiger partial charge in [0.15, 0.2) is 11.7 Å². The van der Waals surface area contributed by atoms with Gasteiger partial charge in [-0.3, -0.25) is 15.5 Å². The molecule has 0 aliphatic carbocycles. The molecule has 3 rings (SSSR count). The van der Waals surface area contributed by atoms with Gasteiger partial charge in [-0.1, -0.05) is 67.5 Å². The van der Waals surface area contributed by atoms with E-state index in [1.165, 1.54) is 0 Å². The van der Waals surface area contributed by atoms with Gasteiger partial charge in [0.25, 0.3) is 0 Å². The number of rotatable bonds is 7. The third kappa shape index (κ3) is 4.43. The lowest BCUT2D eigenvalue weighted by Crippen LogP contribution is -2.35. The molecule has 0 radical (unpaired) electrons. The number of ketones is 1. The van der Waals surface area contributed by atoms with Crippen LogP contribution in [0.5, 0.6) is 0 Å². The van der Waals surface area contributed by atoms with Crippen molar-refractivity contribution >= 4 is 17.6 Å². The second-order valence-electron chi connectivity index (χ2n) is 7.62. The molecule has 0 amide bonds. The Hall–Kier alpha value is -3.41. The molecule has 0 spiro atoms. The van der Waals surface area contributed by atoms with Crippen LogP contribution in [0.3, 0.4) is 0 Å². The molecule has 0 fully saturated rings. The molecule has 6 nitrogen and oxygen atoms in total. The normalized spacial score (nSPS) is 11.2. The number of anilines is 1. The largest absolute Gasteiger partial charge is 0.343 e. The van der Waals surface area contributed by atoms with E-state index < -0.39 is 5.41 Å². The lowest BCUT2D eigenvalue weighted by atomic mass is 9.80. The minimum Gasteiger partial charge on any atom is -0.343 e. The van der Waals surface area contributed by atoms with Crippen molar-refractivity contribution in [1.82, 2.24) is 10.1 Å². The summed E-state index contributed by atoms with van der Waals surface area (Å²) in [6.07, 6.45) is 0. The van der Waals surface area contributed by atoms with Crippen LogP contribution < -0.4 is 5.32 Å². The van der Waals surface area contributed by atoms with Gasteiger partial charge in [0.05, 0.1) is 5.69 Å². The highest BCUT2D eigenvalue weighted by Gasteiger charge is 2.28. The van der Waals surface area contributed by atoms with Gasteiger partial charge >= 0.3 is 0 Å². The Bertz CT molecular complexity index is 1020. The minimum absolute atomic E-state index is 0.0107. The molecule has 6 heteroatoms. The summed E-state index contributed by atoms with van der Waals surface area (Å²) in [6.45, 7) is 9.54. The number of carbonyl (C=O) groups is 1. The summed E-state index contributed by atoms with van der Waals surface area (Å²) in [6, 6.07) is 18.7. The first-order valence-electron chi connectivity index (χ1n) is 10.1. The van der Waals surface area contributed by atoms with Crippen molar-refractivity contribution in [3.05, 3.63) is 83.0 Å². The Kier molecular flexibility index (Phi) is 6.35. The van der Waals surface area contributed by atoms with Gasteiger partial charge in [-0.25, -0.2) is 0 Å². The highest BCUT2D eigenvalue weighted by Crippen LogP contribution is 2.33. The van der Waals surface area contributed by atoms with E-state index in [0.717, 1.165) is 24.3 Å². The summed E-state index contributed by atoms with van der Waals surface area (Å²) in [7, 11) is 0. The first-order chi connectivity index (χ1) is 14.4. The van der Waals surface area contributed by atoms with E-state index in [4.69, 9.17) is 9.93 Å². The third-order valence-electron chi connectivity index (χ3n) is 5.35. The van der Waals surface area contributed by atoms with Crippen molar-refractivity contribution < 1.29 is 9.32 Å². The molecular formula is C24H28N4O2. The number of guanidine groups is 1.